The van der Waals surface area contributed by atoms with Crippen molar-refractivity contribution in [1.82, 2.24) is 9.97 Å². The molecule has 17 heavy (non-hydrogen) atoms. The van der Waals surface area contributed by atoms with Gasteiger partial charge in [0.1, 0.15) is 6.10 Å². The van der Waals surface area contributed by atoms with Gasteiger partial charge < -0.3 is 15.2 Å². The highest BCUT2D eigenvalue weighted by molar-refractivity contribution is 5.29. The average molecular weight is 237 g/mol. The fourth-order valence-electron chi connectivity index (χ4n) is 2.20. The second-order valence-electron chi connectivity index (χ2n) is 4.52. The molecule has 1 aliphatic rings. The van der Waals surface area contributed by atoms with Gasteiger partial charge >= 0.3 is 0 Å². The smallest absolute Gasteiger partial charge is 0.226 e. The van der Waals surface area contributed by atoms with E-state index in [2.05, 4.69) is 16.9 Å². The lowest BCUT2D eigenvalue weighted by Crippen LogP contribution is -2.28. The first-order chi connectivity index (χ1) is 8.19. The highest BCUT2D eigenvalue weighted by atomic mass is 16.5. The molecule has 0 aromatic carbocycles. The third-order valence-corrected chi connectivity index (χ3v) is 3.21. The summed E-state index contributed by atoms with van der Waals surface area (Å²) in [7, 11) is 1.55. The number of nitrogens with two attached hydrogens (primary N) is 1. The van der Waals surface area contributed by atoms with Crippen LogP contribution in [0.3, 0.4) is 0 Å². The molecule has 2 unspecified atom stereocenters. The third kappa shape index (κ3) is 2.99. The van der Waals surface area contributed by atoms with Gasteiger partial charge in [0.2, 0.25) is 17.7 Å². The van der Waals surface area contributed by atoms with E-state index in [9.17, 15) is 0 Å². The highest BCUT2D eigenvalue weighted by Crippen LogP contribution is 2.28. The minimum atomic E-state index is 0.183. The van der Waals surface area contributed by atoms with Crippen molar-refractivity contribution in [2.24, 2.45) is 5.92 Å². The molecule has 5 heteroatoms. The second-order valence-corrected chi connectivity index (χ2v) is 4.52. The predicted molar refractivity (Wildman–Crippen MR) is 65.0 cm³/mol. The van der Waals surface area contributed by atoms with Crippen molar-refractivity contribution in [2.45, 2.75) is 38.7 Å². The summed E-state index contributed by atoms with van der Waals surface area (Å²) in [4.78, 5) is 8.00. The maximum Gasteiger partial charge on any atom is 0.226 e. The Hall–Kier alpha value is -1.52. The van der Waals surface area contributed by atoms with Crippen molar-refractivity contribution in [3.8, 4) is 11.8 Å². The zero-order valence-electron chi connectivity index (χ0n) is 10.3. The number of aromatic nitrogens is 2. The normalized spacial score (nSPS) is 24.4. The Morgan fingerprint density at radius 3 is 2.65 bits per heavy atom. The van der Waals surface area contributed by atoms with Crippen LogP contribution in [0, 0.1) is 5.92 Å². The molecule has 1 fully saturated rings. The van der Waals surface area contributed by atoms with Crippen LogP contribution in [0.15, 0.2) is 6.07 Å². The summed E-state index contributed by atoms with van der Waals surface area (Å²) in [5.41, 5.74) is 5.59. The third-order valence-electron chi connectivity index (χ3n) is 3.21. The predicted octanol–water partition coefficient (Wildman–Crippen LogP) is 2.02. The van der Waals surface area contributed by atoms with Gasteiger partial charge in [0.25, 0.3) is 0 Å². The SMILES string of the molecule is COc1cc(OC2CCCCC2C)nc(N)n1. The van der Waals surface area contributed by atoms with Crippen LogP contribution in [0.4, 0.5) is 5.95 Å². The molecule has 1 saturated carbocycles. The fraction of sp³-hybridized carbons (Fsp3) is 0.667. The highest BCUT2D eigenvalue weighted by Gasteiger charge is 2.23. The Morgan fingerprint density at radius 1 is 1.24 bits per heavy atom. The van der Waals surface area contributed by atoms with Crippen LogP contribution in [-0.2, 0) is 0 Å². The molecule has 0 radical (unpaired) electrons. The first-order valence-electron chi connectivity index (χ1n) is 6.04. The van der Waals surface area contributed by atoms with E-state index in [1.807, 2.05) is 0 Å². The summed E-state index contributed by atoms with van der Waals surface area (Å²) in [6.45, 7) is 2.21. The molecule has 2 N–H and O–H groups in total. The van der Waals surface area contributed by atoms with Crippen molar-refractivity contribution in [3.63, 3.8) is 0 Å². The van der Waals surface area contributed by atoms with Crippen molar-refractivity contribution in [3.05, 3.63) is 6.07 Å². The molecule has 0 amide bonds. The number of rotatable bonds is 3. The van der Waals surface area contributed by atoms with Gasteiger partial charge in [0, 0.05) is 0 Å². The second kappa shape index (κ2) is 5.21. The zero-order chi connectivity index (χ0) is 12.3. The monoisotopic (exact) mass is 237 g/mol. The number of ether oxygens (including phenoxy) is 2. The number of methoxy groups -OCH3 is 1. The molecule has 1 heterocycles. The van der Waals surface area contributed by atoms with Gasteiger partial charge in [-0.3, -0.25) is 0 Å². The largest absolute Gasteiger partial charge is 0.481 e. The molecule has 1 aliphatic carbocycles. The molecule has 0 spiro atoms. The molecule has 2 rings (SSSR count). The van der Waals surface area contributed by atoms with Gasteiger partial charge in [0.15, 0.2) is 0 Å². The maximum absolute atomic E-state index is 5.88. The topological polar surface area (TPSA) is 70.3 Å². The number of anilines is 1. The summed E-state index contributed by atoms with van der Waals surface area (Å²) >= 11 is 0. The zero-order valence-corrected chi connectivity index (χ0v) is 10.3. The van der Waals surface area contributed by atoms with Crippen LogP contribution in [0.5, 0.6) is 11.8 Å². The summed E-state index contributed by atoms with van der Waals surface area (Å²) in [6.07, 6.45) is 5.02. The van der Waals surface area contributed by atoms with Crippen molar-refractivity contribution in [1.29, 1.82) is 0 Å². The van der Waals surface area contributed by atoms with Crippen molar-refractivity contribution >= 4 is 5.95 Å². The molecule has 0 bridgehead atoms. The Labute approximate surface area is 101 Å². The number of nitrogens with zero attached hydrogens (tertiary/aromatic N) is 2. The van der Waals surface area contributed by atoms with E-state index in [0.29, 0.717) is 17.7 Å². The van der Waals surface area contributed by atoms with Gasteiger partial charge in [0.05, 0.1) is 13.2 Å². The standard InChI is InChI=1S/C12H19N3O2/c1-8-5-3-4-6-9(8)17-11-7-10(16-2)14-12(13)15-11/h7-9H,3-6H2,1-2H3,(H2,13,14,15). The molecule has 2 atom stereocenters. The van der Waals surface area contributed by atoms with Crippen LogP contribution in [0.1, 0.15) is 32.6 Å². The van der Waals surface area contributed by atoms with Gasteiger partial charge in [-0.05, 0) is 25.2 Å². The first kappa shape index (κ1) is 12.0. The summed E-state index contributed by atoms with van der Waals surface area (Å²) in [6, 6.07) is 1.68. The molecule has 1 aromatic heterocycles. The molecule has 0 saturated heterocycles. The lowest BCUT2D eigenvalue weighted by molar-refractivity contribution is 0.0972. The van der Waals surface area contributed by atoms with Gasteiger partial charge in [-0.25, -0.2) is 0 Å². The van der Waals surface area contributed by atoms with Crippen molar-refractivity contribution < 1.29 is 9.47 Å². The first-order valence-corrected chi connectivity index (χ1v) is 6.04. The summed E-state index contributed by atoms with van der Waals surface area (Å²) < 4.78 is 10.9. The van der Waals surface area contributed by atoms with Crippen LogP contribution in [0.2, 0.25) is 0 Å². The van der Waals surface area contributed by atoms with Crippen molar-refractivity contribution in [2.75, 3.05) is 12.8 Å². The Bertz CT molecular complexity index is 384. The molecule has 1 aromatic rings. The molecular weight excluding hydrogens is 218 g/mol. The minimum absolute atomic E-state index is 0.183. The lowest BCUT2D eigenvalue weighted by Gasteiger charge is -2.28. The average Bonchev–Trinajstić information content (AvgIpc) is 2.31. The Morgan fingerprint density at radius 2 is 1.94 bits per heavy atom. The van der Waals surface area contributed by atoms with Crippen LogP contribution in [0.25, 0.3) is 0 Å². The van der Waals surface area contributed by atoms with E-state index in [1.54, 1.807) is 13.2 Å². The quantitative estimate of drug-likeness (QED) is 0.871. The lowest BCUT2D eigenvalue weighted by atomic mass is 9.88. The summed E-state index contributed by atoms with van der Waals surface area (Å²) in [5.74, 6) is 1.69. The minimum Gasteiger partial charge on any atom is -0.481 e. The van der Waals surface area contributed by atoms with Crippen LogP contribution >= 0.6 is 0 Å². The molecular formula is C12H19N3O2. The number of nitrogen functional groups attached to an aromatic ring is 1. The Balaban J connectivity index is 2.09. The maximum atomic E-state index is 5.88. The van der Waals surface area contributed by atoms with Crippen LogP contribution in [-0.4, -0.2) is 23.2 Å². The van der Waals surface area contributed by atoms with Gasteiger partial charge in [-0.15, -0.1) is 0 Å². The molecule has 94 valence electrons. The van der Waals surface area contributed by atoms with E-state index < -0.39 is 0 Å². The van der Waals surface area contributed by atoms with E-state index in [-0.39, 0.29) is 12.1 Å². The van der Waals surface area contributed by atoms with Crippen LogP contribution < -0.4 is 15.2 Å². The number of hydrogen-bond acceptors (Lipinski definition) is 5. The van der Waals surface area contributed by atoms with E-state index in [1.165, 1.54) is 19.3 Å². The molecule has 5 nitrogen and oxygen atoms in total. The number of hydrogen-bond donors (Lipinski definition) is 1. The molecule has 0 aliphatic heterocycles. The van der Waals surface area contributed by atoms with E-state index in [4.69, 9.17) is 15.2 Å². The summed E-state index contributed by atoms with van der Waals surface area (Å²) in [5, 5.41) is 0. The van der Waals surface area contributed by atoms with E-state index >= 15 is 0 Å². The van der Waals surface area contributed by atoms with E-state index in [0.717, 1.165) is 6.42 Å². The van der Waals surface area contributed by atoms with Gasteiger partial charge in [-0.2, -0.15) is 9.97 Å². The Kier molecular flexibility index (Phi) is 3.66. The fourth-order valence-corrected chi connectivity index (χ4v) is 2.20. The van der Waals surface area contributed by atoms with Gasteiger partial charge in [-0.1, -0.05) is 13.3 Å².